The van der Waals surface area contributed by atoms with Crippen LogP contribution in [-0.4, -0.2) is 15.1 Å². The van der Waals surface area contributed by atoms with Gasteiger partial charge in [-0.25, -0.2) is 4.79 Å². The van der Waals surface area contributed by atoms with E-state index in [0.717, 1.165) is 22.0 Å². The van der Waals surface area contributed by atoms with Crippen molar-refractivity contribution in [3.8, 4) is 0 Å². The van der Waals surface area contributed by atoms with E-state index in [1.54, 1.807) is 18.4 Å². The summed E-state index contributed by atoms with van der Waals surface area (Å²) in [7, 11) is 1.70. The van der Waals surface area contributed by atoms with Gasteiger partial charge in [0, 0.05) is 17.3 Å². The molecule has 0 amide bonds. The summed E-state index contributed by atoms with van der Waals surface area (Å²) >= 11 is 1.63. The molecule has 0 N–H and O–H groups in total. The number of nitrogens with zero attached hydrogens (tertiary/aromatic N) is 2. The highest BCUT2D eigenvalue weighted by Gasteiger charge is 2.14. The van der Waals surface area contributed by atoms with Crippen LogP contribution in [0.15, 0.2) is 58.7 Å². The lowest BCUT2D eigenvalue weighted by atomic mass is 10.2. The van der Waals surface area contributed by atoms with E-state index in [2.05, 4.69) is 0 Å². The van der Waals surface area contributed by atoms with Crippen LogP contribution in [0.3, 0.4) is 0 Å². The van der Waals surface area contributed by atoms with Crippen LogP contribution in [0.2, 0.25) is 0 Å². The van der Waals surface area contributed by atoms with Crippen LogP contribution in [0, 0.1) is 0 Å². The molecule has 0 spiro atoms. The number of aromatic nitrogens is 2. The molecule has 25 heavy (non-hydrogen) atoms. The highest BCUT2D eigenvalue weighted by molar-refractivity contribution is 7.17. The number of ether oxygens (including phenoxy) is 1. The van der Waals surface area contributed by atoms with Crippen LogP contribution >= 0.6 is 11.3 Å². The van der Waals surface area contributed by atoms with E-state index in [9.17, 15) is 9.59 Å². The predicted molar refractivity (Wildman–Crippen MR) is 98.8 cm³/mol. The maximum absolute atomic E-state index is 12.4. The Kier molecular flexibility index (Phi) is 3.89. The molecule has 6 heteroatoms. The van der Waals surface area contributed by atoms with E-state index >= 15 is 0 Å². The van der Waals surface area contributed by atoms with Gasteiger partial charge >= 0.3 is 11.7 Å². The second-order valence-electron chi connectivity index (χ2n) is 5.83. The first kappa shape index (κ1) is 15.7. The SMILES string of the molecule is Cn1c(=O)n(CC(=O)OCc2csc3ccccc23)c2ccccc21. The molecule has 0 fully saturated rings. The Morgan fingerprint density at radius 2 is 1.80 bits per heavy atom. The van der Waals surface area contributed by atoms with Crippen LogP contribution in [0.25, 0.3) is 21.1 Å². The summed E-state index contributed by atoms with van der Waals surface area (Å²) in [6, 6.07) is 15.4. The van der Waals surface area contributed by atoms with Crippen molar-refractivity contribution in [1.82, 2.24) is 9.13 Å². The Hall–Kier alpha value is -2.86. The number of imidazole rings is 1. The van der Waals surface area contributed by atoms with Crippen LogP contribution in [0.4, 0.5) is 0 Å². The Morgan fingerprint density at radius 1 is 1.08 bits per heavy atom. The van der Waals surface area contributed by atoms with Crippen molar-refractivity contribution in [3.05, 3.63) is 70.0 Å². The fourth-order valence-electron chi connectivity index (χ4n) is 2.99. The molecule has 2 aromatic heterocycles. The number of hydrogen-bond donors (Lipinski definition) is 0. The molecule has 0 aliphatic carbocycles. The van der Waals surface area contributed by atoms with E-state index in [0.29, 0.717) is 0 Å². The molecular formula is C19H16N2O3S. The molecule has 0 unspecified atom stereocenters. The zero-order valence-corrected chi connectivity index (χ0v) is 14.5. The number of carbonyl (C=O) groups is 1. The first-order valence-corrected chi connectivity index (χ1v) is 8.78. The van der Waals surface area contributed by atoms with Gasteiger partial charge in [0.1, 0.15) is 13.2 Å². The fraction of sp³-hybridized carbons (Fsp3) is 0.158. The monoisotopic (exact) mass is 352 g/mol. The van der Waals surface area contributed by atoms with Crippen molar-refractivity contribution in [3.63, 3.8) is 0 Å². The van der Waals surface area contributed by atoms with Gasteiger partial charge in [0.15, 0.2) is 0 Å². The molecule has 0 aliphatic rings. The number of rotatable bonds is 4. The number of hydrogen-bond acceptors (Lipinski definition) is 4. The summed E-state index contributed by atoms with van der Waals surface area (Å²) in [4.78, 5) is 24.6. The van der Waals surface area contributed by atoms with Gasteiger partial charge in [-0.2, -0.15) is 0 Å². The smallest absolute Gasteiger partial charge is 0.329 e. The van der Waals surface area contributed by atoms with Crippen molar-refractivity contribution >= 4 is 38.4 Å². The molecule has 0 saturated heterocycles. The Balaban J connectivity index is 1.53. The lowest BCUT2D eigenvalue weighted by Gasteiger charge is -2.05. The van der Waals surface area contributed by atoms with Crippen LogP contribution < -0.4 is 5.69 Å². The molecule has 0 saturated carbocycles. The van der Waals surface area contributed by atoms with E-state index in [-0.39, 0.29) is 18.8 Å². The highest BCUT2D eigenvalue weighted by atomic mass is 32.1. The van der Waals surface area contributed by atoms with Crippen molar-refractivity contribution in [2.45, 2.75) is 13.2 Å². The maximum atomic E-state index is 12.4. The molecule has 0 bridgehead atoms. The number of esters is 1. The minimum absolute atomic E-state index is 0.0950. The second-order valence-corrected chi connectivity index (χ2v) is 6.75. The first-order valence-electron chi connectivity index (χ1n) is 7.90. The lowest BCUT2D eigenvalue weighted by molar-refractivity contribution is -0.145. The molecule has 2 aromatic carbocycles. The number of aryl methyl sites for hydroxylation is 1. The maximum Gasteiger partial charge on any atom is 0.329 e. The van der Waals surface area contributed by atoms with Gasteiger partial charge in [-0.1, -0.05) is 30.3 Å². The van der Waals surface area contributed by atoms with Crippen molar-refractivity contribution in [2.75, 3.05) is 0 Å². The average molecular weight is 352 g/mol. The van der Waals surface area contributed by atoms with Crippen LogP contribution in [0.1, 0.15) is 5.56 Å². The Labute approximate surface area is 147 Å². The van der Waals surface area contributed by atoms with Gasteiger partial charge in [-0.3, -0.25) is 13.9 Å². The van der Waals surface area contributed by atoms with E-state index in [1.165, 1.54) is 13.8 Å². The Morgan fingerprint density at radius 3 is 2.64 bits per heavy atom. The number of fused-ring (bicyclic) bond motifs is 2. The van der Waals surface area contributed by atoms with Gasteiger partial charge < -0.3 is 4.74 Å². The molecular weight excluding hydrogens is 336 g/mol. The predicted octanol–water partition coefficient (Wildman–Crippen LogP) is 3.30. The molecule has 0 radical (unpaired) electrons. The van der Waals surface area contributed by atoms with Crippen molar-refractivity contribution in [1.29, 1.82) is 0 Å². The summed E-state index contributed by atoms with van der Waals surface area (Å²) in [6.45, 7) is 0.116. The summed E-state index contributed by atoms with van der Waals surface area (Å²) in [5, 5.41) is 3.10. The van der Waals surface area contributed by atoms with Gasteiger partial charge in [0.05, 0.1) is 11.0 Å². The third kappa shape index (κ3) is 2.74. The number of benzene rings is 2. The third-order valence-corrected chi connectivity index (χ3v) is 5.30. The molecule has 0 aliphatic heterocycles. The summed E-state index contributed by atoms with van der Waals surface area (Å²) < 4.78 is 9.56. The topological polar surface area (TPSA) is 53.2 Å². The van der Waals surface area contributed by atoms with E-state index in [1.807, 2.05) is 53.9 Å². The van der Waals surface area contributed by atoms with Crippen molar-refractivity contribution in [2.24, 2.45) is 7.05 Å². The molecule has 4 aromatic rings. The summed E-state index contributed by atoms with van der Waals surface area (Å²) in [6.07, 6.45) is 0. The lowest BCUT2D eigenvalue weighted by Crippen LogP contribution is -2.26. The third-order valence-electron chi connectivity index (χ3n) is 4.29. The zero-order chi connectivity index (χ0) is 17.4. The van der Waals surface area contributed by atoms with Gasteiger partial charge in [-0.05, 0) is 29.0 Å². The molecule has 4 rings (SSSR count). The Bertz CT molecular complexity index is 1140. The number of thiophene rings is 1. The van der Waals surface area contributed by atoms with Gasteiger partial charge in [0.2, 0.25) is 0 Å². The number of para-hydroxylation sites is 2. The van der Waals surface area contributed by atoms with Gasteiger partial charge in [0.25, 0.3) is 0 Å². The minimum atomic E-state index is -0.422. The largest absolute Gasteiger partial charge is 0.459 e. The second kappa shape index (κ2) is 6.22. The molecule has 2 heterocycles. The van der Waals surface area contributed by atoms with E-state index < -0.39 is 5.97 Å². The van der Waals surface area contributed by atoms with Crippen molar-refractivity contribution < 1.29 is 9.53 Å². The van der Waals surface area contributed by atoms with Crippen LogP contribution in [0.5, 0.6) is 0 Å². The normalized spacial score (nSPS) is 11.2. The standard InChI is InChI=1S/C19H16N2O3S/c1-20-15-7-3-4-8-16(15)21(19(20)23)10-18(22)24-11-13-12-25-17-9-5-2-6-14(13)17/h2-9,12H,10-11H2,1H3. The van der Waals surface area contributed by atoms with E-state index in [4.69, 9.17) is 4.74 Å². The fourth-order valence-corrected chi connectivity index (χ4v) is 3.94. The highest BCUT2D eigenvalue weighted by Crippen LogP contribution is 2.26. The summed E-state index contributed by atoms with van der Waals surface area (Å²) in [5.41, 5.74) is 2.29. The number of carbonyl (C=O) groups excluding carboxylic acids is 1. The zero-order valence-electron chi connectivity index (χ0n) is 13.6. The molecule has 126 valence electrons. The molecule has 5 nitrogen and oxygen atoms in total. The first-order chi connectivity index (χ1) is 12.1. The quantitative estimate of drug-likeness (QED) is 0.530. The van der Waals surface area contributed by atoms with Crippen LogP contribution in [-0.2, 0) is 29.7 Å². The average Bonchev–Trinajstić information content (AvgIpc) is 3.15. The van der Waals surface area contributed by atoms with Gasteiger partial charge in [-0.15, -0.1) is 11.3 Å². The molecule has 0 atom stereocenters. The minimum Gasteiger partial charge on any atom is -0.459 e. The summed E-state index contributed by atoms with van der Waals surface area (Å²) in [5.74, 6) is -0.422.